The first-order valence-electron chi connectivity index (χ1n) is 22.3. The zero-order chi connectivity index (χ0) is 44.0. The fraction of sp³-hybridized carbons (Fsp3) is 0.766. The van der Waals surface area contributed by atoms with Crippen molar-refractivity contribution in [1.82, 2.24) is 0 Å². The number of aliphatic hydroxyl groups excluding tert-OH is 2. The van der Waals surface area contributed by atoms with Crippen LogP contribution in [0, 0.1) is 23.7 Å². The number of ether oxygens (including phenoxy) is 10. The first kappa shape index (κ1) is 46.7. The third-order valence-corrected chi connectivity index (χ3v) is 14.0. The lowest BCUT2D eigenvalue weighted by molar-refractivity contribution is -0.318. The van der Waals surface area contributed by atoms with Gasteiger partial charge in [0.15, 0.2) is 18.4 Å². The number of esters is 1. The van der Waals surface area contributed by atoms with Gasteiger partial charge in [-0.2, -0.15) is 0 Å². The van der Waals surface area contributed by atoms with Crippen LogP contribution in [0.4, 0.5) is 0 Å². The summed E-state index contributed by atoms with van der Waals surface area (Å²) in [6, 6.07) is 0. The number of aliphatic hydroxyl groups is 3. The van der Waals surface area contributed by atoms with Crippen molar-refractivity contribution in [3.8, 4) is 0 Å². The normalized spacial score (nSPS) is 49.3. The van der Waals surface area contributed by atoms with Gasteiger partial charge in [0.05, 0.1) is 49.3 Å². The molecule has 6 heterocycles. The van der Waals surface area contributed by atoms with Crippen molar-refractivity contribution in [3.05, 3.63) is 59.3 Å². The van der Waals surface area contributed by atoms with E-state index in [-0.39, 0.29) is 42.7 Å². The summed E-state index contributed by atoms with van der Waals surface area (Å²) in [5, 5.41) is 34.2. The van der Waals surface area contributed by atoms with Crippen molar-refractivity contribution in [3.63, 3.8) is 0 Å². The van der Waals surface area contributed by atoms with E-state index in [9.17, 15) is 20.1 Å². The number of rotatable bonds is 7. The number of methoxy groups -OCH3 is 2. The maximum atomic E-state index is 14.3. The standard InChI is InChI=1S/C47H70O14/c1-24(2)41-27(5)16-17-46(61-41)22-33-19-32(60-46)15-14-26(4)42(25(3)12-11-13-31-23-54-44-39(48)28(6)18-34(45(50)57-33)47(31,44)51)58-38-21-36(53-10)43(30(8)56-38)59-37-20-35(52-9)40(49)29(7)55-37/h11-14,16-18,24-25,27,29-30,32-44,48-49,51H,15,19-23H2,1-10H3/b12-11+,26-14+,31-13+/t25-,27-,29-,30-,32?,33-,34-,35-,36-,37-,38-,39+,40-,41+,42?,43-,44+,46+,47+/m0/s1. The molecule has 7 rings (SSSR count). The number of carbonyl (C=O) groups is 1. The van der Waals surface area contributed by atoms with Crippen LogP contribution in [0.25, 0.3) is 0 Å². The molecule has 14 heteroatoms. The second kappa shape index (κ2) is 19.0. The number of carbonyl (C=O) groups excluding carboxylic acids is 1. The molecule has 4 saturated heterocycles. The lowest BCUT2D eigenvalue weighted by Crippen LogP contribution is -2.58. The predicted molar refractivity (Wildman–Crippen MR) is 223 cm³/mol. The van der Waals surface area contributed by atoms with Crippen LogP contribution in [0.2, 0.25) is 0 Å². The summed E-state index contributed by atoms with van der Waals surface area (Å²) < 4.78 is 63.5. The molecule has 0 amide bonds. The zero-order valence-electron chi connectivity index (χ0n) is 37.5. The summed E-state index contributed by atoms with van der Waals surface area (Å²) in [5.41, 5.74) is 0.129. The van der Waals surface area contributed by atoms with Crippen LogP contribution >= 0.6 is 0 Å². The summed E-state index contributed by atoms with van der Waals surface area (Å²) in [5.74, 6) is -2.62. The van der Waals surface area contributed by atoms with E-state index in [1.807, 2.05) is 32.1 Å². The molecule has 7 aliphatic rings. The number of allylic oxidation sites excluding steroid dienone is 2. The summed E-state index contributed by atoms with van der Waals surface area (Å²) in [6.07, 6.45) is 7.54. The summed E-state index contributed by atoms with van der Waals surface area (Å²) in [7, 11) is 3.22. The van der Waals surface area contributed by atoms with Crippen molar-refractivity contribution in [2.45, 2.75) is 185 Å². The number of hydrogen-bond donors (Lipinski definition) is 3. The first-order chi connectivity index (χ1) is 29.0. The van der Waals surface area contributed by atoms with E-state index >= 15 is 0 Å². The van der Waals surface area contributed by atoms with Gasteiger partial charge in [-0.25, -0.2) is 0 Å². The molecule has 3 N–H and O–H groups in total. The van der Waals surface area contributed by atoms with Crippen LogP contribution in [0.3, 0.4) is 0 Å². The second-order valence-electron chi connectivity index (χ2n) is 18.8. The number of fused-ring (bicyclic) bond motifs is 2. The highest BCUT2D eigenvalue weighted by molar-refractivity contribution is 5.78. The molecule has 1 aliphatic carbocycles. The Balaban J connectivity index is 1.18. The second-order valence-corrected chi connectivity index (χ2v) is 18.8. The molecule has 14 nitrogen and oxygen atoms in total. The molecule has 19 atom stereocenters. The Morgan fingerprint density at radius 1 is 0.852 bits per heavy atom. The minimum absolute atomic E-state index is 0.0313. The maximum Gasteiger partial charge on any atom is 0.316 e. The van der Waals surface area contributed by atoms with Crippen molar-refractivity contribution in [2.75, 3.05) is 20.8 Å². The fourth-order valence-corrected chi connectivity index (χ4v) is 10.4. The van der Waals surface area contributed by atoms with Gasteiger partial charge >= 0.3 is 5.97 Å². The number of hydrogen-bond acceptors (Lipinski definition) is 14. The van der Waals surface area contributed by atoms with E-state index in [2.05, 4.69) is 39.8 Å². The Morgan fingerprint density at radius 2 is 1.56 bits per heavy atom. The zero-order valence-corrected chi connectivity index (χ0v) is 37.5. The highest BCUT2D eigenvalue weighted by atomic mass is 16.7. The lowest BCUT2D eigenvalue weighted by atomic mass is 9.71. The van der Waals surface area contributed by atoms with Gasteiger partial charge in [0.1, 0.15) is 42.0 Å². The van der Waals surface area contributed by atoms with Gasteiger partial charge in [-0.1, -0.05) is 64.2 Å². The molecular formula is C47H70O14. The average molecular weight is 859 g/mol. The third-order valence-electron chi connectivity index (χ3n) is 14.0. The molecule has 0 aromatic rings. The molecular weight excluding hydrogens is 789 g/mol. The molecule has 1 spiro atoms. The monoisotopic (exact) mass is 858 g/mol. The molecule has 6 aliphatic heterocycles. The minimum Gasteiger partial charge on any atom is -0.462 e. The van der Waals surface area contributed by atoms with Gasteiger partial charge in [-0.3, -0.25) is 4.79 Å². The molecule has 342 valence electrons. The fourth-order valence-electron chi connectivity index (χ4n) is 10.4. The Bertz CT molecular complexity index is 1710. The van der Waals surface area contributed by atoms with E-state index in [1.165, 1.54) is 0 Å². The Labute approximate surface area is 361 Å². The molecule has 61 heavy (non-hydrogen) atoms. The van der Waals surface area contributed by atoms with Gasteiger partial charge in [-0.05, 0) is 62.8 Å². The first-order valence-corrected chi connectivity index (χ1v) is 22.3. The van der Waals surface area contributed by atoms with Crippen LogP contribution in [0.15, 0.2) is 59.3 Å². The molecule has 2 unspecified atom stereocenters. The smallest absolute Gasteiger partial charge is 0.316 e. The summed E-state index contributed by atoms with van der Waals surface area (Å²) >= 11 is 0. The van der Waals surface area contributed by atoms with Crippen LogP contribution in [-0.2, 0) is 52.2 Å². The van der Waals surface area contributed by atoms with Crippen LogP contribution in [0.5, 0.6) is 0 Å². The van der Waals surface area contributed by atoms with Gasteiger partial charge < -0.3 is 62.7 Å². The van der Waals surface area contributed by atoms with E-state index < -0.39 is 90.8 Å². The van der Waals surface area contributed by atoms with Crippen molar-refractivity contribution in [2.24, 2.45) is 23.7 Å². The van der Waals surface area contributed by atoms with Crippen molar-refractivity contribution < 1.29 is 67.5 Å². The van der Waals surface area contributed by atoms with E-state index in [1.54, 1.807) is 40.2 Å². The molecule has 4 fully saturated rings. The molecule has 0 aromatic heterocycles. The average Bonchev–Trinajstić information content (AvgIpc) is 3.56. The lowest BCUT2D eigenvalue weighted by Gasteiger charge is -2.48. The van der Waals surface area contributed by atoms with Crippen molar-refractivity contribution >= 4 is 5.97 Å². The molecule has 0 saturated carbocycles. The highest BCUT2D eigenvalue weighted by Gasteiger charge is 2.60. The molecule has 0 aromatic carbocycles. The van der Waals surface area contributed by atoms with E-state index in [0.717, 1.165) is 5.57 Å². The van der Waals surface area contributed by atoms with Crippen LogP contribution in [-0.4, -0.2) is 139 Å². The predicted octanol–water partition coefficient (Wildman–Crippen LogP) is 4.99. The van der Waals surface area contributed by atoms with E-state index in [0.29, 0.717) is 43.3 Å². The minimum atomic E-state index is -1.83. The van der Waals surface area contributed by atoms with E-state index in [4.69, 9.17) is 47.4 Å². The largest absolute Gasteiger partial charge is 0.462 e. The Hall–Kier alpha value is -2.31. The van der Waals surface area contributed by atoms with Gasteiger partial charge in [0.25, 0.3) is 0 Å². The SMILES string of the molecule is CO[C@H]1C[C@H](O[C@H]2[C@H](C)O[C@@H](OC3/C(C)=C/CC4C[C@@H](C[C@]5(C=C[C@H](C)[C@@H](C(C)C)O5)O4)OC(=O)[C@@H]4C=C(C)[C@@H](O)[C@H]5OC/C(=C\C=C\[C@@H]3C)[C@]54O)C[C@@H]2OC)O[C@@H](C)[C@@H]1O. The van der Waals surface area contributed by atoms with Gasteiger partial charge in [0.2, 0.25) is 0 Å². The topological polar surface area (TPSA) is 170 Å². The maximum absolute atomic E-state index is 14.3. The molecule has 0 radical (unpaired) electrons. The van der Waals surface area contributed by atoms with Crippen LogP contribution in [0.1, 0.15) is 87.5 Å². The van der Waals surface area contributed by atoms with Gasteiger partial charge in [-0.15, -0.1) is 0 Å². The summed E-state index contributed by atoms with van der Waals surface area (Å²) in [6.45, 7) is 16.0. The third kappa shape index (κ3) is 9.58. The Morgan fingerprint density at radius 3 is 2.28 bits per heavy atom. The highest BCUT2D eigenvalue weighted by Crippen LogP contribution is 2.47. The van der Waals surface area contributed by atoms with Crippen LogP contribution < -0.4 is 0 Å². The Kier molecular flexibility index (Phi) is 14.6. The summed E-state index contributed by atoms with van der Waals surface area (Å²) in [4.78, 5) is 14.3. The van der Waals surface area contributed by atoms with Gasteiger partial charge in [0, 0.05) is 51.7 Å². The quantitative estimate of drug-likeness (QED) is 0.231. The van der Waals surface area contributed by atoms with Crippen molar-refractivity contribution in [1.29, 1.82) is 0 Å². The molecule has 2 bridgehead atoms.